The van der Waals surface area contributed by atoms with Crippen LogP contribution in [0.15, 0.2) is 24.3 Å². The first-order valence-electron chi connectivity index (χ1n) is 7.77. The van der Waals surface area contributed by atoms with E-state index in [2.05, 4.69) is 13.5 Å². The monoisotopic (exact) mass is 437 g/mol. The van der Waals surface area contributed by atoms with Crippen LogP contribution in [0.4, 0.5) is 22.0 Å². The zero-order chi connectivity index (χ0) is 20.1. The van der Waals surface area contributed by atoms with Gasteiger partial charge < -0.3 is 4.18 Å². The van der Waals surface area contributed by atoms with Gasteiger partial charge in [0.15, 0.2) is 0 Å². The average Bonchev–Trinajstić information content (AvgIpc) is 2.59. The third-order valence-corrected chi connectivity index (χ3v) is 5.92. The van der Waals surface area contributed by atoms with Gasteiger partial charge in [0.1, 0.15) is 17.8 Å². The molecule has 1 saturated carbocycles. The summed E-state index contributed by atoms with van der Waals surface area (Å²) in [5.41, 5.74) is 1.28. The maximum atomic E-state index is 13.6. The molecule has 0 radical (unpaired) electrons. The van der Waals surface area contributed by atoms with Crippen LogP contribution in [0.1, 0.15) is 43.6 Å². The Hall–Kier alpha value is -1.15. The quantitative estimate of drug-likeness (QED) is 0.121. The predicted molar refractivity (Wildman–Crippen MR) is 85.7 cm³/mol. The molecular weight excluding hydrogens is 421 g/mol. The van der Waals surface area contributed by atoms with Gasteiger partial charge in [0.2, 0.25) is 0 Å². The van der Waals surface area contributed by atoms with Crippen LogP contribution in [0.3, 0.4) is 0 Å². The molecule has 0 aliphatic heterocycles. The van der Waals surface area contributed by atoms with Crippen LogP contribution in [0, 0.1) is 0 Å². The maximum absolute atomic E-state index is 13.6. The maximum Gasteiger partial charge on any atom is 0.482 e. The van der Waals surface area contributed by atoms with Gasteiger partial charge in [-0.05, 0) is 36.5 Å². The van der Waals surface area contributed by atoms with Crippen LogP contribution in [-0.4, -0.2) is 19.3 Å². The van der Waals surface area contributed by atoms with E-state index in [1.165, 1.54) is 12.1 Å². The van der Waals surface area contributed by atoms with E-state index in [-0.39, 0.29) is 5.75 Å². The van der Waals surface area contributed by atoms with E-state index >= 15 is 0 Å². The van der Waals surface area contributed by atoms with Gasteiger partial charge in [-0.25, -0.2) is 0 Å². The van der Waals surface area contributed by atoms with Crippen molar-refractivity contribution in [3.63, 3.8) is 0 Å². The number of alkyl halides is 5. The largest absolute Gasteiger partial charge is 0.482 e. The first kappa shape index (κ1) is 22.1. The predicted octanol–water partition coefficient (Wildman–Crippen LogP) is 4.61. The summed E-state index contributed by atoms with van der Waals surface area (Å²) in [4.78, 5) is 3.25. The lowest BCUT2D eigenvalue weighted by Gasteiger charge is -2.22. The van der Waals surface area contributed by atoms with Crippen molar-refractivity contribution in [1.29, 1.82) is 0 Å². The molecule has 0 bridgehead atoms. The Bertz CT molecular complexity index is 706. The second kappa shape index (κ2) is 8.90. The van der Waals surface area contributed by atoms with Gasteiger partial charge in [0.05, 0.1) is 0 Å². The second-order valence-corrected chi connectivity index (χ2v) is 8.40. The van der Waals surface area contributed by atoms with Crippen molar-refractivity contribution in [1.82, 2.24) is 5.48 Å². The third kappa shape index (κ3) is 6.75. The second-order valence-electron chi connectivity index (χ2n) is 5.74. The van der Waals surface area contributed by atoms with Crippen LogP contribution in [0.5, 0.6) is 5.75 Å². The molecule has 0 aromatic heterocycles. The molecule has 1 aromatic carbocycles. The average molecular weight is 437 g/mol. The van der Waals surface area contributed by atoms with E-state index < -0.39 is 33.0 Å². The molecule has 13 heteroatoms. The molecule has 6 nitrogen and oxygen atoms in total. The van der Waals surface area contributed by atoms with Crippen LogP contribution in [0.25, 0.3) is 0 Å². The van der Waals surface area contributed by atoms with Crippen molar-refractivity contribution in [3.8, 4) is 5.75 Å². The van der Waals surface area contributed by atoms with Crippen molar-refractivity contribution in [2.24, 2.45) is 0 Å². The van der Waals surface area contributed by atoms with Crippen LogP contribution >= 0.6 is 12.0 Å². The van der Waals surface area contributed by atoms with Gasteiger partial charge in [-0.2, -0.15) is 30.4 Å². The molecule has 0 spiro atoms. The summed E-state index contributed by atoms with van der Waals surface area (Å²) in [7, 11) is -5.55. The smallest absolute Gasteiger partial charge is 0.377 e. The Balaban J connectivity index is 1.93. The first-order chi connectivity index (χ1) is 12.5. The Labute approximate surface area is 156 Å². The number of halogens is 5. The van der Waals surface area contributed by atoms with E-state index in [4.69, 9.17) is 0 Å². The molecule has 1 aliphatic rings. The Morgan fingerprint density at radius 2 is 1.59 bits per heavy atom. The highest BCUT2D eigenvalue weighted by Crippen LogP contribution is 2.38. The summed E-state index contributed by atoms with van der Waals surface area (Å²) in [5, 5.41) is 0. The molecule has 1 N–H and O–H groups in total. The minimum Gasteiger partial charge on any atom is -0.377 e. The number of hydrogen-bond donors (Lipinski definition) is 1. The van der Waals surface area contributed by atoms with Crippen LogP contribution in [0.2, 0.25) is 0 Å². The van der Waals surface area contributed by atoms with E-state index in [9.17, 15) is 30.4 Å². The summed E-state index contributed by atoms with van der Waals surface area (Å²) in [6.45, 7) is 0. The lowest BCUT2D eigenvalue weighted by Crippen LogP contribution is -2.33. The topological polar surface area (TPSA) is 73.9 Å². The Morgan fingerprint density at radius 1 is 1.00 bits per heavy atom. The normalized spacial score (nSPS) is 17.1. The molecular formula is C14H16F5NO5S2. The third-order valence-electron chi connectivity index (χ3n) is 3.78. The van der Waals surface area contributed by atoms with Gasteiger partial charge >= 0.3 is 21.0 Å². The first-order valence-corrected chi connectivity index (χ1v) is 9.92. The lowest BCUT2D eigenvalue weighted by atomic mass is 9.84. The van der Waals surface area contributed by atoms with Crippen molar-refractivity contribution in [2.45, 2.75) is 48.9 Å². The molecule has 27 heavy (non-hydrogen) atoms. The highest BCUT2D eigenvalue weighted by atomic mass is 32.3. The standard InChI is InChI=1S/C14H16F5NO5S2/c15-13(16,17)20-24-25-26-14(18,19)27(21,22)23-12-8-6-11(7-9-12)10-4-2-1-3-5-10/h6-10,20H,1-5H2. The molecule has 0 unspecified atom stereocenters. The fraction of sp³-hybridized carbons (Fsp3) is 0.571. The summed E-state index contributed by atoms with van der Waals surface area (Å²) in [6, 6.07) is 5.67. The fourth-order valence-electron chi connectivity index (χ4n) is 2.57. The number of benzene rings is 1. The van der Waals surface area contributed by atoms with E-state index in [0.29, 0.717) is 11.4 Å². The van der Waals surface area contributed by atoms with Crippen molar-refractivity contribution >= 4 is 22.2 Å². The van der Waals surface area contributed by atoms with Crippen LogP contribution in [-0.2, 0) is 19.4 Å². The van der Waals surface area contributed by atoms with Gasteiger partial charge in [-0.1, -0.05) is 36.9 Å². The number of nitrogens with one attached hydrogen (secondary N) is 1. The zero-order valence-corrected chi connectivity index (χ0v) is 15.3. The molecule has 1 aliphatic carbocycles. The minimum absolute atomic E-state index is 0.321. The number of hydrogen-bond acceptors (Lipinski definition) is 7. The molecule has 0 saturated heterocycles. The van der Waals surface area contributed by atoms with E-state index in [1.54, 1.807) is 12.1 Å². The highest BCUT2D eigenvalue weighted by molar-refractivity contribution is 8.09. The Kier molecular flexibility index (Phi) is 7.30. The van der Waals surface area contributed by atoms with Gasteiger partial charge in [0.25, 0.3) is 0 Å². The van der Waals surface area contributed by atoms with E-state index in [0.717, 1.165) is 37.7 Å². The molecule has 0 amide bonds. The minimum atomic E-state index is -5.55. The van der Waals surface area contributed by atoms with Crippen molar-refractivity contribution in [3.05, 3.63) is 29.8 Å². The molecule has 2 rings (SSSR count). The molecule has 0 atom stereocenters. The lowest BCUT2D eigenvalue weighted by molar-refractivity contribution is -0.343. The van der Waals surface area contributed by atoms with Gasteiger partial charge in [-0.3, -0.25) is 0 Å². The summed E-state index contributed by atoms with van der Waals surface area (Å²) in [6.07, 6.45) is 0.267. The van der Waals surface area contributed by atoms with Gasteiger partial charge in [-0.15, -0.1) is 9.32 Å². The van der Waals surface area contributed by atoms with Crippen LogP contribution < -0.4 is 9.66 Å². The molecule has 154 valence electrons. The summed E-state index contributed by atoms with van der Waals surface area (Å²) < 4.78 is 88.7. The summed E-state index contributed by atoms with van der Waals surface area (Å²) in [5.74, 6) is -0.0303. The highest BCUT2D eigenvalue weighted by Gasteiger charge is 2.51. The van der Waals surface area contributed by atoms with Crippen molar-refractivity contribution < 1.29 is 43.9 Å². The fourth-order valence-corrected chi connectivity index (χ4v) is 3.70. The van der Waals surface area contributed by atoms with Gasteiger partial charge in [0, 0.05) is 0 Å². The molecule has 1 fully saturated rings. The number of rotatable bonds is 8. The zero-order valence-electron chi connectivity index (χ0n) is 13.7. The molecule has 0 heterocycles. The van der Waals surface area contributed by atoms with Crippen molar-refractivity contribution in [2.75, 3.05) is 0 Å². The Morgan fingerprint density at radius 3 is 2.15 bits per heavy atom. The number of hydroxylamine groups is 1. The SMILES string of the molecule is O=S(=O)(Oc1ccc(C2CCCCC2)cc1)C(F)(F)SOONC(F)(F)F. The molecule has 1 aromatic rings. The summed E-state index contributed by atoms with van der Waals surface area (Å²) >= 11 is -1.16. The van der Waals surface area contributed by atoms with E-state index in [1.807, 2.05) is 0 Å².